The standard InChI is InChI=1S/C20H22O3/c1-14(2)20(22)23-11-10-18-12-15(3)4-9-19(18)17-7-5-16(13-21)6-8-17/h4-9,12,21H,1,10-11,13H2,2-3H3. The van der Waals surface area contributed by atoms with Crippen molar-refractivity contribution in [2.24, 2.45) is 0 Å². The van der Waals surface area contributed by atoms with Crippen molar-refractivity contribution in [2.45, 2.75) is 26.9 Å². The molecule has 0 aliphatic carbocycles. The van der Waals surface area contributed by atoms with Gasteiger partial charge in [-0.2, -0.15) is 0 Å². The average Bonchev–Trinajstić information content (AvgIpc) is 2.55. The second kappa shape index (κ2) is 7.75. The van der Waals surface area contributed by atoms with Crippen LogP contribution < -0.4 is 0 Å². The zero-order chi connectivity index (χ0) is 16.8. The number of ether oxygens (including phenoxy) is 1. The Labute approximate surface area is 137 Å². The summed E-state index contributed by atoms with van der Waals surface area (Å²) in [5, 5.41) is 9.15. The van der Waals surface area contributed by atoms with Crippen LogP contribution in [0.3, 0.4) is 0 Å². The van der Waals surface area contributed by atoms with Gasteiger partial charge in [-0.25, -0.2) is 4.79 Å². The Bertz CT molecular complexity index is 699. The van der Waals surface area contributed by atoms with Crippen LogP contribution >= 0.6 is 0 Å². The Balaban J connectivity index is 2.19. The highest BCUT2D eigenvalue weighted by Gasteiger charge is 2.08. The van der Waals surface area contributed by atoms with Gasteiger partial charge in [0, 0.05) is 12.0 Å². The highest BCUT2D eigenvalue weighted by Crippen LogP contribution is 2.26. The molecule has 0 unspecified atom stereocenters. The number of benzene rings is 2. The molecular weight excluding hydrogens is 288 g/mol. The summed E-state index contributed by atoms with van der Waals surface area (Å²) >= 11 is 0. The van der Waals surface area contributed by atoms with Gasteiger partial charge in [-0.3, -0.25) is 0 Å². The van der Waals surface area contributed by atoms with Crippen molar-refractivity contribution in [3.63, 3.8) is 0 Å². The lowest BCUT2D eigenvalue weighted by molar-refractivity contribution is -0.138. The third kappa shape index (κ3) is 4.54. The molecule has 3 nitrogen and oxygen atoms in total. The molecule has 3 heteroatoms. The second-order valence-electron chi connectivity index (χ2n) is 5.68. The first kappa shape index (κ1) is 17.0. The fourth-order valence-corrected chi connectivity index (χ4v) is 2.38. The molecule has 0 saturated carbocycles. The molecule has 0 atom stereocenters. The van der Waals surface area contributed by atoms with E-state index in [2.05, 4.69) is 24.8 Å². The molecule has 2 rings (SSSR count). The number of carbonyl (C=O) groups is 1. The molecular formula is C20H22O3. The minimum Gasteiger partial charge on any atom is -0.462 e. The van der Waals surface area contributed by atoms with Crippen molar-refractivity contribution >= 4 is 5.97 Å². The van der Waals surface area contributed by atoms with E-state index >= 15 is 0 Å². The van der Waals surface area contributed by atoms with Crippen LogP contribution in [0.15, 0.2) is 54.6 Å². The van der Waals surface area contributed by atoms with Crippen LogP contribution in [-0.4, -0.2) is 17.7 Å². The predicted molar refractivity (Wildman–Crippen MR) is 92.0 cm³/mol. The molecule has 2 aromatic rings. The Morgan fingerprint density at radius 3 is 2.48 bits per heavy atom. The van der Waals surface area contributed by atoms with Crippen LogP contribution in [-0.2, 0) is 22.6 Å². The molecule has 0 aliphatic rings. The predicted octanol–water partition coefficient (Wildman–Crippen LogP) is 3.82. The van der Waals surface area contributed by atoms with E-state index in [1.165, 1.54) is 5.56 Å². The number of aliphatic hydroxyl groups excluding tert-OH is 1. The number of aryl methyl sites for hydroxylation is 1. The topological polar surface area (TPSA) is 46.5 Å². The lowest BCUT2D eigenvalue weighted by atomic mass is 9.95. The van der Waals surface area contributed by atoms with Crippen LogP contribution in [0, 0.1) is 6.92 Å². The molecule has 0 fully saturated rings. The number of hydrogen-bond acceptors (Lipinski definition) is 3. The number of rotatable bonds is 6. The summed E-state index contributed by atoms with van der Waals surface area (Å²) in [7, 11) is 0. The molecule has 0 aliphatic heterocycles. The molecule has 2 aromatic carbocycles. The zero-order valence-corrected chi connectivity index (χ0v) is 13.6. The van der Waals surface area contributed by atoms with Gasteiger partial charge in [0.1, 0.15) is 0 Å². The fourth-order valence-electron chi connectivity index (χ4n) is 2.38. The van der Waals surface area contributed by atoms with Crippen LogP contribution in [0.5, 0.6) is 0 Å². The second-order valence-corrected chi connectivity index (χ2v) is 5.68. The first-order chi connectivity index (χ1) is 11.0. The maximum atomic E-state index is 11.5. The van der Waals surface area contributed by atoms with Crippen LogP contribution in [0.25, 0.3) is 11.1 Å². The van der Waals surface area contributed by atoms with Gasteiger partial charge in [0.2, 0.25) is 0 Å². The molecule has 0 saturated heterocycles. The van der Waals surface area contributed by atoms with E-state index < -0.39 is 0 Å². The summed E-state index contributed by atoms with van der Waals surface area (Å²) in [6.45, 7) is 7.64. The van der Waals surface area contributed by atoms with Gasteiger partial charge in [0.15, 0.2) is 0 Å². The SMILES string of the molecule is C=C(C)C(=O)OCCc1cc(C)ccc1-c1ccc(CO)cc1. The van der Waals surface area contributed by atoms with Crippen molar-refractivity contribution in [3.8, 4) is 11.1 Å². The van der Waals surface area contributed by atoms with E-state index in [4.69, 9.17) is 9.84 Å². The van der Waals surface area contributed by atoms with E-state index in [1.807, 2.05) is 31.2 Å². The van der Waals surface area contributed by atoms with Crippen LogP contribution in [0.1, 0.15) is 23.6 Å². The first-order valence-corrected chi connectivity index (χ1v) is 7.63. The molecule has 0 aromatic heterocycles. The van der Waals surface area contributed by atoms with Gasteiger partial charge >= 0.3 is 5.97 Å². The van der Waals surface area contributed by atoms with Crippen molar-refractivity contribution in [3.05, 3.63) is 71.3 Å². The van der Waals surface area contributed by atoms with Crippen molar-refractivity contribution in [2.75, 3.05) is 6.61 Å². The Kier molecular flexibility index (Phi) is 5.72. The molecule has 0 heterocycles. The zero-order valence-electron chi connectivity index (χ0n) is 13.6. The summed E-state index contributed by atoms with van der Waals surface area (Å²) in [4.78, 5) is 11.5. The third-order valence-electron chi connectivity index (χ3n) is 3.66. The molecule has 0 bridgehead atoms. The lowest BCUT2D eigenvalue weighted by Crippen LogP contribution is -2.08. The molecule has 0 radical (unpaired) electrons. The first-order valence-electron chi connectivity index (χ1n) is 7.63. The number of aliphatic hydroxyl groups is 1. The van der Waals surface area contributed by atoms with Crippen LogP contribution in [0.2, 0.25) is 0 Å². The summed E-state index contributed by atoms with van der Waals surface area (Å²) in [5.41, 5.74) is 5.81. The summed E-state index contributed by atoms with van der Waals surface area (Å²) in [6, 6.07) is 14.1. The Morgan fingerprint density at radius 2 is 1.87 bits per heavy atom. The van der Waals surface area contributed by atoms with E-state index in [-0.39, 0.29) is 12.6 Å². The summed E-state index contributed by atoms with van der Waals surface area (Å²) < 4.78 is 5.20. The maximum Gasteiger partial charge on any atom is 0.333 e. The third-order valence-corrected chi connectivity index (χ3v) is 3.66. The van der Waals surface area contributed by atoms with E-state index in [0.717, 1.165) is 22.3 Å². The van der Waals surface area contributed by atoms with Gasteiger partial charge in [-0.1, -0.05) is 54.6 Å². The largest absolute Gasteiger partial charge is 0.462 e. The van der Waals surface area contributed by atoms with Gasteiger partial charge in [-0.15, -0.1) is 0 Å². The van der Waals surface area contributed by atoms with E-state index in [9.17, 15) is 4.79 Å². The van der Waals surface area contributed by atoms with Crippen molar-refractivity contribution < 1.29 is 14.6 Å². The average molecular weight is 310 g/mol. The minimum absolute atomic E-state index is 0.0396. The van der Waals surface area contributed by atoms with Crippen molar-refractivity contribution in [1.82, 2.24) is 0 Å². The number of carbonyl (C=O) groups excluding carboxylic acids is 1. The minimum atomic E-state index is -0.355. The molecule has 0 amide bonds. The fraction of sp³-hybridized carbons (Fsp3) is 0.250. The number of hydrogen-bond donors (Lipinski definition) is 1. The normalized spacial score (nSPS) is 10.4. The van der Waals surface area contributed by atoms with Gasteiger partial charge in [0.05, 0.1) is 13.2 Å². The van der Waals surface area contributed by atoms with Gasteiger partial charge < -0.3 is 9.84 Å². The quantitative estimate of drug-likeness (QED) is 0.652. The number of esters is 1. The molecule has 23 heavy (non-hydrogen) atoms. The molecule has 1 N–H and O–H groups in total. The maximum absolute atomic E-state index is 11.5. The van der Waals surface area contributed by atoms with E-state index in [1.54, 1.807) is 6.92 Å². The van der Waals surface area contributed by atoms with Gasteiger partial charge in [0.25, 0.3) is 0 Å². The molecule has 0 spiro atoms. The van der Waals surface area contributed by atoms with Crippen LogP contribution in [0.4, 0.5) is 0 Å². The Hall–Kier alpha value is -2.39. The van der Waals surface area contributed by atoms with Crippen molar-refractivity contribution in [1.29, 1.82) is 0 Å². The summed E-state index contributed by atoms with van der Waals surface area (Å²) in [6.07, 6.45) is 0.651. The highest BCUT2D eigenvalue weighted by molar-refractivity contribution is 5.86. The highest BCUT2D eigenvalue weighted by atomic mass is 16.5. The smallest absolute Gasteiger partial charge is 0.333 e. The summed E-state index contributed by atoms with van der Waals surface area (Å²) in [5.74, 6) is -0.355. The molecule has 120 valence electrons. The van der Waals surface area contributed by atoms with Gasteiger partial charge in [-0.05, 0) is 36.1 Å². The van der Waals surface area contributed by atoms with E-state index in [0.29, 0.717) is 18.6 Å². The Morgan fingerprint density at radius 1 is 1.17 bits per heavy atom. The monoisotopic (exact) mass is 310 g/mol. The lowest BCUT2D eigenvalue weighted by Gasteiger charge is -2.12.